The summed E-state index contributed by atoms with van der Waals surface area (Å²) in [5.74, 6) is 0.653. The largest absolute Gasteiger partial charge is 0.392 e. The monoisotopic (exact) mass is 620 g/mol. The van der Waals surface area contributed by atoms with Crippen LogP contribution in [0.25, 0.3) is 11.1 Å². The maximum absolute atomic E-state index is 12.6. The number of nitrogens with zero attached hydrogens (tertiary/aromatic N) is 3. The number of aliphatic hydroxyl groups is 1. The van der Waals surface area contributed by atoms with Crippen molar-refractivity contribution in [3.8, 4) is 11.1 Å². The molecule has 0 spiro atoms. The zero-order chi connectivity index (χ0) is 31.2. The van der Waals surface area contributed by atoms with Gasteiger partial charge in [0.25, 0.3) is 5.91 Å². The van der Waals surface area contributed by atoms with Gasteiger partial charge in [0, 0.05) is 55.6 Å². The van der Waals surface area contributed by atoms with Crippen LogP contribution in [0.15, 0.2) is 115 Å². The second-order valence-corrected chi connectivity index (χ2v) is 12.1. The lowest BCUT2D eigenvalue weighted by atomic mass is 9.91. The number of imidazole rings is 1. The molecule has 6 rings (SSSR count). The molecular weight excluding hydrogens is 584 g/mol. The van der Waals surface area contributed by atoms with Crippen LogP contribution in [0.1, 0.15) is 51.9 Å². The van der Waals surface area contributed by atoms with Gasteiger partial charge in [-0.3, -0.25) is 9.78 Å². The Hall–Kier alpha value is -4.28. The third-order valence-electron chi connectivity index (χ3n) is 8.15. The zero-order valence-corrected chi connectivity index (χ0v) is 26.1. The summed E-state index contributed by atoms with van der Waals surface area (Å²) >= 11 is 1.68. The van der Waals surface area contributed by atoms with Gasteiger partial charge < -0.3 is 24.5 Å². The molecule has 0 radical (unpaired) electrons. The van der Waals surface area contributed by atoms with Gasteiger partial charge in [-0.25, -0.2) is 4.98 Å². The van der Waals surface area contributed by atoms with Gasteiger partial charge in [0.15, 0.2) is 11.4 Å². The first-order valence-electron chi connectivity index (χ1n) is 15.0. The molecule has 0 unspecified atom stereocenters. The van der Waals surface area contributed by atoms with E-state index in [4.69, 9.17) is 9.47 Å². The number of hydrogen-bond acceptors (Lipinski definition) is 7. The molecule has 1 fully saturated rings. The fraction of sp³-hybridized carbons (Fsp3) is 0.250. The number of thioether (sulfide) groups is 1. The molecule has 0 bridgehead atoms. The number of ether oxygens (including phenoxy) is 2. The topological polar surface area (TPSA) is 98.5 Å². The Balaban J connectivity index is 1.21. The molecule has 9 heteroatoms. The quantitative estimate of drug-likeness (QED) is 0.172. The normalized spacial score (nSPS) is 19.7. The standard InChI is InChI=1S/C36H36N4O4S/c1-24-32(23-45-36-38-18-19-40(36)2)43-35(44-33(24)27-11-9-25(22-41)10-12-27)28-15-13-26(14-16-28)31-8-4-3-6-29(31)21-39-34(42)30-7-5-17-37-20-30/h3-20,24,32-33,35,41H,21-23H2,1-2H3,(H,39,42)/t24-,32+,33+,35+/m0/s1. The first kappa shape index (κ1) is 30.7. The Kier molecular flexibility index (Phi) is 9.71. The minimum absolute atomic E-state index is 0.00236. The number of aliphatic hydroxyl groups excluding tert-OH is 1. The third-order valence-corrected chi connectivity index (χ3v) is 9.30. The number of nitrogens with one attached hydrogen (secondary N) is 1. The second kappa shape index (κ2) is 14.2. The van der Waals surface area contributed by atoms with Gasteiger partial charge in [-0.2, -0.15) is 0 Å². The summed E-state index contributed by atoms with van der Waals surface area (Å²) in [6, 6.07) is 27.8. The molecule has 230 valence electrons. The Morgan fingerprint density at radius 2 is 1.73 bits per heavy atom. The molecule has 1 aliphatic heterocycles. The van der Waals surface area contributed by atoms with Crippen molar-refractivity contribution in [2.45, 2.75) is 43.7 Å². The van der Waals surface area contributed by atoms with Crippen molar-refractivity contribution in [1.82, 2.24) is 19.9 Å². The van der Waals surface area contributed by atoms with Crippen LogP contribution in [-0.4, -0.2) is 37.4 Å². The summed E-state index contributed by atoms with van der Waals surface area (Å²) in [5, 5.41) is 13.5. The molecular formula is C36H36N4O4S. The number of amides is 1. The van der Waals surface area contributed by atoms with Crippen LogP contribution in [0.3, 0.4) is 0 Å². The number of benzene rings is 3. The van der Waals surface area contributed by atoms with Crippen molar-refractivity contribution in [2.24, 2.45) is 13.0 Å². The predicted octanol–water partition coefficient (Wildman–Crippen LogP) is 6.49. The molecule has 2 aromatic heterocycles. The van der Waals surface area contributed by atoms with Crippen LogP contribution < -0.4 is 5.32 Å². The number of aromatic nitrogens is 3. The SMILES string of the molecule is C[C@H]1[C@@H](CSc2nccn2C)O[C@@H](c2ccc(-c3ccccc3CNC(=O)c3cccnc3)cc2)O[C@H]1c1ccc(CO)cc1. The van der Waals surface area contributed by atoms with Crippen LogP contribution in [0.4, 0.5) is 0 Å². The van der Waals surface area contributed by atoms with Gasteiger partial charge in [-0.1, -0.05) is 91.5 Å². The molecule has 1 amide bonds. The lowest BCUT2D eigenvalue weighted by molar-refractivity contribution is -0.268. The van der Waals surface area contributed by atoms with E-state index in [1.54, 1.807) is 42.5 Å². The van der Waals surface area contributed by atoms with E-state index in [-0.39, 0.29) is 30.6 Å². The molecule has 5 aromatic rings. The minimum Gasteiger partial charge on any atom is -0.392 e. The van der Waals surface area contributed by atoms with E-state index in [9.17, 15) is 9.90 Å². The van der Waals surface area contributed by atoms with Gasteiger partial charge >= 0.3 is 0 Å². The summed E-state index contributed by atoms with van der Waals surface area (Å²) in [5.41, 5.74) is 6.47. The number of hydrogen-bond donors (Lipinski definition) is 2. The summed E-state index contributed by atoms with van der Waals surface area (Å²) in [4.78, 5) is 21.1. The number of pyridine rings is 1. The maximum atomic E-state index is 12.6. The van der Waals surface area contributed by atoms with Gasteiger partial charge in [0.1, 0.15) is 0 Å². The van der Waals surface area contributed by atoms with E-state index in [0.717, 1.165) is 44.3 Å². The van der Waals surface area contributed by atoms with E-state index >= 15 is 0 Å². The van der Waals surface area contributed by atoms with Gasteiger partial charge in [0.2, 0.25) is 0 Å². The first-order valence-corrected chi connectivity index (χ1v) is 16.0. The summed E-state index contributed by atoms with van der Waals surface area (Å²) < 4.78 is 15.3. The van der Waals surface area contributed by atoms with Crippen molar-refractivity contribution in [3.05, 3.63) is 138 Å². The van der Waals surface area contributed by atoms with Crippen molar-refractivity contribution in [2.75, 3.05) is 5.75 Å². The van der Waals surface area contributed by atoms with Crippen molar-refractivity contribution in [3.63, 3.8) is 0 Å². The van der Waals surface area contributed by atoms with Crippen LogP contribution >= 0.6 is 11.8 Å². The molecule has 4 atom stereocenters. The van der Waals surface area contributed by atoms with Gasteiger partial charge in [0.05, 0.1) is 24.4 Å². The van der Waals surface area contributed by atoms with Crippen LogP contribution in [0.5, 0.6) is 0 Å². The Morgan fingerprint density at radius 1 is 0.956 bits per heavy atom. The highest BCUT2D eigenvalue weighted by atomic mass is 32.2. The lowest BCUT2D eigenvalue weighted by Gasteiger charge is -2.41. The number of aryl methyl sites for hydroxylation is 1. The zero-order valence-electron chi connectivity index (χ0n) is 25.2. The van der Waals surface area contributed by atoms with Crippen LogP contribution in [0.2, 0.25) is 0 Å². The molecule has 3 aromatic carbocycles. The average molecular weight is 621 g/mol. The highest BCUT2D eigenvalue weighted by Crippen LogP contribution is 2.43. The molecule has 0 saturated carbocycles. The maximum Gasteiger partial charge on any atom is 0.253 e. The summed E-state index contributed by atoms with van der Waals surface area (Å²) in [7, 11) is 1.99. The highest BCUT2D eigenvalue weighted by molar-refractivity contribution is 7.99. The predicted molar refractivity (Wildman–Crippen MR) is 174 cm³/mol. The lowest BCUT2D eigenvalue weighted by Crippen LogP contribution is -2.38. The number of carbonyl (C=O) groups is 1. The minimum atomic E-state index is -0.557. The van der Waals surface area contributed by atoms with Crippen LogP contribution in [0, 0.1) is 5.92 Å². The fourth-order valence-corrected chi connectivity index (χ4v) is 6.60. The number of carbonyl (C=O) groups excluding carboxylic acids is 1. The van der Waals surface area contributed by atoms with Gasteiger partial charge in [-0.15, -0.1) is 0 Å². The molecule has 1 saturated heterocycles. The molecule has 45 heavy (non-hydrogen) atoms. The average Bonchev–Trinajstić information content (AvgIpc) is 3.51. The Morgan fingerprint density at radius 3 is 2.44 bits per heavy atom. The van der Waals surface area contributed by atoms with Gasteiger partial charge in [-0.05, 0) is 39.9 Å². The molecule has 3 heterocycles. The van der Waals surface area contributed by atoms with E-state index in [0.29, 0.717) is 12.1 Å². The van der Waals surface area contributed by atoms with Crippen LogP contribution in [-0.2, 0) is 29.7 Å². The molecule has 1 aliphatic rings. The third kappa shape index (κ3) is 7.18. The fourth-order valence-electron chi connectivity index (χ4n) is 5.51. The van der Waals surface area contributed by atoms with Crippen molar-refractivity contribution >= 4 is 17.7 Å². The van der Waals surface area contributed by atoms with Crippen molar-refractivity contribution in [1.29, 1.82) is 0 Å². The Labute approximate surface area is 267 Å². The second-order valence-electron chi connectivity index (χ2n) is 11.2. The van der Waals surface area contributed by atoms with Crippen molar-refractivity contribution < 1.29 is 19.4 Å². The molecule has 8 nitrogen and oxygen atoms in total. The number of rotatable bonds is 10. The van der Waals surface area contributed by atoms with E-state index in [2.05, 4.69) is 52.5 Å². The van der Waals surface area contributed by atoms with E-state index in [1.165, 1.54) is 0 Å². The molecule has 2 N–H and O–H groups in total. The summed E-state index contributed by atoms with van der Waals surface area (Å²) in [6.45, 7) is 2.56. The first-order chi connectivity index (χ1) is 22.0. The summed E-state index contributed by atoms with van der Waals surface area (Å²) in [6.07, 6.45) is 6.13. The van der Waals surface area contributed by atoms with E-state index in [1.807, 2.05) is 60.3 Å². The smallest absolute Gasteiger partial charge is 0.253 e. The highest BCUT2D eigenvalue weighted by Gasteiger charge is 2.38. The molecule has 0 aliphatic carbocycles. The van der Waals surface area contributed by atoms with E-state index < -0.39 is 6.29 Å². The Bertz CT molecular complexity index is 1710.